The van der Waals surface area contributed by atoms with Gasteiger partial charge in [0, 0.05) is 39.3 Å². The first kappa shape index (κ1) is 19.6. The molecule has 0 fully saturated rings. The molecule has 1 amide bonds. The molecule has 0 saturated heterocycles. The zero-order valence-corrected chi connectivity index (χ0v) is 17.5. The summed E-state index contributed by atoms with van der Waals surface area (Å²) >= 11 is 13.5. The van der Waals surface area contributed by atoms with Gasteiger partial charge in [0.15, 0.2) is 5.82 Å². The van der Waals surface area contributed by atoms with Crippen LogP contribution in [0.3, 0.4) is 0 Å². The van der Waals surface area contributed by atoms with Gasteiger partial charge in [-0.3, -0.25) is 9.36 Å². The second-order valence-electron chi connectivity index (χ2n) is 6.11. The summed E-state index contributed by atoms with van der Waals surface area (Å²) < 4.78 is 5.22. The van der Waals surface area contributed by atoms with Crippen molar-refractivity contribution in [3.63, 3.8) is 0 Å². The molecule has 4 rings (SSSR count). The number of aromatic nitrogens is 3. The van der Waals surface area contributed by atoms with Crippen molar-refractivity contribution in [1.82, 2.24) is 19.9 Å². The Morgan fingerprint density at radius 2 is 1.83 bits per heavy atom. The van der Waals surface area contributed by atoms with Gasteiger partial charge in [-0.05, 0) is 54.4 Å². The summed E-state index contributed by atoms with van der Waals surface area (Å²) in [5.74, 6) is 0.368. The van der Waals surface area contributed by atoms with Crippen molar-refractivity contribution < 1.29 is 4.79 Å². The van der Waals surface area contributed by atoms with E-state index in [1.165, 1.54) is 18.1 Å². The third-order valence-corrected chi connectivity index (χ3v) is 5.40. The van der Waals surface area contributed by atoms with Crippen molar-refractivity contribution >= 4 is 57.6 Å². The molecule has 2 N–H and O–H groups in total. The average Bonchev–Trinajstić information content (AvgIpc) is 3.14. The first-order valence-corrected chi connectivity index (χ1v) is 10.2. The highest BCUT2D eigenvalue weighted by molar-refractivity contribution is 8.00. The van der Waals surface area contributed by atoms with E-state index in [2.05, 4.69) is 20.0 Å². The molecular weight excluding hydrogens is 429 g/mol. The van der Waals surface area contributed by atoms with Crippen molar-refractivity contribution in [1.29, 1.82) is 0 Å². The van der Waals surface area contributed by atoms with E-state index in [9.17, 15) is 4.79 Å². The first-order valence-electron chi connectivity index (χ1n) is 8.58. The van der Waals surface area contributed by atoms with Gasteiger partial charge in [-0.2, -0.15) is 0 Å². The smallest absolute Gasteiger partial charge is 0.271 e. The lowest BCUT2D eigenvalue weighted by molar-refractivity contribution is 0.0958. The summed E-state index contributed by atoms with van der Waals surface area (Å²) in [6, 6.07) is 13.4. The van der Waals surface area contributed by atoms with Crippen LogP contribution in [0, 0.1) is 0 Å². The molecule has 0 aliphatic carbocycles. The predicted octanol–water partition coefficient (Wildman–Crippen LogP) is 5.21. The molecule has 0 aliphatic rings. The van der Waals surface area contributed by atoms with Gasteiger partial charge in [0.05, 0.1) is 17.9 Å². The summed E-state index contributed by atoms with van der Waals surface area (Å²) in [5, 5.41) is 4.76. The molecule has 6 nitrogen and oxygen atoms in total. The second-order valence-corrected chi connectivity index (χ2v) is 7.86. The largest absolute Gasteiger partial charge is 0.354 e. The second kappa shape index (κ2) is 8.32. The minimum absolute atomic E-state index is 0.268. The summed E-state index contributed by atoms with van der Waals surface area (Å²) in [7, 11) is 1.56. The molecule has 0 aliphatic heterocycles. The van der Waals surface area contributed by atoms with Gasteiger partial charge in [-0.1, -0.05) is 23.2 Å². The highest BCUT2D eigenvalue weighted by Gasteiger charge is 2.09. The SMILES string of the molecule is CNC(=O)c1cnc(-n2ccc3cc(NSc4cc(Cl)cc(Cl)c4)ccc32)cn1. The minimum atomic E-state index is -0.268. The molecular formula is C20H15Cl2N5OS. The third-order valence-electron chi connectivity index (χ3n) is 4.16. The summed E-state index contributed by atoms with van der Waals surface area (Å²) in [6.07, 6.45) is 4.96. The molecule has 0 spiro atoms. The fourth-order valence-electron chi connectivity index (χ4n) is 2.80. The van der Waals surface area contributed by atoms with Gasteiger partial charge in [-0.25, -0.2) is 9.97 Å². The van der Waals surface area contributed by atoms with Gasteiger partial charge in [0.25, 0.3) is 5.91 Å². The number of carbonyl (C=O) groups is 1. The van der Waals surface area contributed by atoms with Crippen molar-refractivity contribution in [3.05, 3.63) is 76.8 Å². The number of nitrogens with one attached hydrogen (secondary N) is 2. The first-order chi connectivity index (χ1) is 14.0. The van der Waals surface area contributed by atoms with Gasteiger partial charge in [0.1, 0.15) is 5.69 Å². The highest BCUT2D eigenvalue weighted by Crippen LogP contribution is 2.29. The van der Waals surface area contributed by atoms with E-state index in [0.29, 0.717) is 15.9 Å². The lowest BCUT2D eigenvalue weighted by atomic mass is 10.2. The number of halogens is 2. The molecule has 9 heteroatoms. The number of fused-ring (bicyclic) bond motifs is 1. The fraction of sp³-hybridized carbons (Fsp3) is 0.0500. The Bertz CT molecular complexity index is 1170. The van der Waals surface area contributed by atoms with Crippen LogP contribution in [-0.4, -0.2) is 27.5 Å². The fourth-order valence-corrected chi connectivity index (χ4v) is 4.19. The Hall–Kier alpha value is -2.74. The van der Waals surface area contributed by atoms with Crippen LogP contribution in [0.25, 0.3) is 16.7 Å². The van der Waals surface area contributed by atoms with Crippen molar-refractivity contribution in [3.8, 4) is 5.82 Å². The molecule has 146 valence electrons. The van der Waals surface area contributed by atoms with Crippen LogP contribution < -0.4 is 10.0 Å². The number of hydrogen-bond acceptors (Lipinski definition) is 5. The molecule has 0 atom stereocenters. The predicted molar refractivity (Wildman–Crippen MR) is 118 cm³/mol. The Morgan fingerprint density at radius 1 is 1.03 bits per heavy atom. The van der Waals surface area contributed by atoms with Crippen LogP contribution in [0.2, 0.25) is 10.0 Å². The van der Waals surface area contributed by atoms with E-state index in [4.69, 9.17) is 23.2 Å². The number of anilines is 1. The topological polar surface area (TPSA) is 71.8 Å². The number of rotatable bonds is 5. The van der Waals surface area contributed by atoms with Crippen LogP contribution in [0.15, 0.2) is 66.0 Å². The van der Waals surface area contributed by atoms with Gasteiger partial charge >= 0.3 is 0 Å². The monoisotopic (exact) mass is 443 g/mol. The van der Waals surface area contributed by atoms with Crippen LogP contribution in [-0.2, 0) is 0 Å². The van der Waals surface area contributed by atoms with Gasteiger partial charge < -0.3 is 10.0 Å². The third kappa shape index (κ3) is 4.32. The van der Waals surface area contributed by atoms with E-state index >= 15 is 0 Å². The van der Waals surface area contributed by atoms with E-state index in [0.717, 1.165) is 21.5 Å². The normalized spacial score (nSPS) is 10.9. The maximum absolute atomic E-state index is 11.6. The van der Waals surface area contributed by atoms with Crippen molar-refractivity contribution in [2.75, 3.05) is 11.8 Å². The van der Waals surface area contributed by atoms with Crippen LogP contribution in [0.5, 0.6) is 0 Å². The summed E-state index contributed by atoms with van der Waals surface area (Å²) in [6.45, 7) is 0. The molecule has 29 heavy (non-hydrogen) atoms. The van der Waals surface area contributed by atoms with Gasteiger partial charge in [-0.15, -0.1) is 0 Å². The molecule has 2 aromatic heterocycles. The van der Waals surface area contributed by atoms with Crippen LogP contribution in [0.1, 0.15) is 10.5 Å². The van der Waals surface area contributed by atoms with E-state index in [-0.39, 0.29) is 11.6 Å². The lowest BCUT2D eigenvalue weighted by Gasteiger charge is -2.08. The number of amides is 1. The number of hydrogen-bond donors (Lipinski definition) is 2. The van der Waals surface area contributed by atoms with Crippen LogP contribution >= 0.6 is 35.1 Å². The Morgan fingerprint density at radius 3 is 2.52 bits per heavy atom. The molecule has 0 unspecified atom stereocenters. The molecule has 0 radical (unpaired) electrons. The standard InChI is InChI=1S/C20H15Cl2N5OS/c1-23-20(28)17-10-25-19(11-24-17)27-5-4-12-6-15(2-3-18(12)27)26-29-16-8-13(21)7-14(22)9-16/h2-11,26H,1H3,(H,23,28). The number of nitrogens with zero attached hydrogens (tertiary/aromatic N) is 3. The van der Waals surface area contributed by atoms with E-state index in [1.807, 2.05) is 47.2 Å². The number of benzene rings is 2. The Labute approximate surface area is 181 Å². The number of carbonyl (C=O) groups excluding carboxylic acids is 1. The van der Waals surface area contributed by atoms with Crippen LogP contribution in [0.4, 0.5) is 5.69 Å². The Kier molecular flexibility index (Phi) is 5.62. The highest BCUT2D eigenvalue weighted by atomic mass is 35.5. The molecule has 0 saturated carbocycles. The summed E-state index contributed by atoms with van der Waals surface area (Å²) in [4.78, 5) is 21.1. The zero-order valence-electron chi connectivity index (χ0n) is 15.2. The van der Waals surface area contributed by atoms with E-state index < -0.39 is 0 Å². The zero-order chi connectivity index (χ0) is 20.4. The quantitative estimate of drug-likeness (QED) is 0.414. The summed E-state index contributed by atoms with van der Waals surface area (Å²) in [5.41, 5.74) is 2.20. The van der Waals surface area contributed by atoms with Gasteiger partial charge in [0.2, 0.25) is 0 Å². The molecule has 4 aromatic rings. The maximum atomic E-state index is 11.6. The molecule has 2 heterocycles. The Balaban J connectivity index is 1.55. The lowest BCUT2D eigenvalue weighted by Crippen LogP contribution is -2.19. The van der Waals surface area contributed by atoms with Crippen molar-refractivity contribution in [2.45, 2.75) is 4.90 Å². The maximum Gasteiger partial charge on any atom is 0.271 e. The van der Waals surface area contributed by atoms with E-state index in [1.54, 1.807) is 19.3 Å². The molecule has 2 aromatic carbocycles. The minimum Gasteiger partial charge on any atom is -0.354 e. The molecule has 0 bridgehead atoms. The van der Waals surface area contributed by atoms with Crippen molar-refractivity contribution in [2.24, 2.45) is 0 Å². The average molecular weight is 444 g/mol.